The number of rotatable bonds is 6. The van der Waals surface area contributed by atoms with Crippen molar-refractivity contribution in [3.05, 3.63) is 24.0 Å². The van der Waals surface area contributed by atoms with Gasteiger partial charge in [0.05, 0.1) is 18.8 Å². The first-order valence-electron chi connectivity index (χ1n) is 11.9. The first-order valence-corrected chi connectivity index (χ1v) is 11.9. The lowest BCUT2D eigenvalue weighted by atomic mass is 9.54. The maximum Gasteiger partial charge on any atom is 0.302 e. The van der Waals surface area contributed by atoms with Crippen molar-refractivity contribution in [3.8, 4) is 0 Å². The third-order valence-corrected chi connectivity index (χ3v) is 8.41. The minimum absolute atomic E-state index is 0.0195. The molecule has 0 bridgehead atoms. The second kappa shape index (κ2) is 8.53. The second-order valence-corrected chi connectivity index (χ2v) is 10.5. The van der Waals surface area contributed by atoms with Crippen molar-refractivity contribution in [1.29, 1.82) is 0 Å². The lowest BCUT2D eigenvalue weighted by molar-refractivity contribution is -0.303. The molecule has 0 amide bonds. The van der Waals surface area contributed by atoms with Crippen LogP contribution in [0.3, 0.4) is 0 Å². The van der Waals surface area contributed by atoms with Gasteiger partial charge in [-0.2, -0.15) is 4.89 Å². The van der Waals surface area contributed by atoms with E-state index in [4.69, 9.17) is 19.2 Å². The summed E-state index contributed by atoms with van der Waals surface area (Å²) in [5.41, 5.74) is 0.842. The fourth-order valence-corrected chi connectivity index (χ4v) is 6.71. The van der Waals surface area contributed by atoms with Gasteiger partial charge in [-0.25, -0.2) is 0 Å². The number of esters is 1. The molecule has 4 aliphatic rings. The van der Waals surface area contributed by atoms with E-state index in [1.807, 2.05) is 6.08 Å². The van der Waals surface area contributed by atoms with Crippen LogP contribution in [-0.2, 0) is 24.0 Å². The molecule has 174 valence electrons. The Morgan fingerprint density at radius 3 is 2.81 bits per heavy atom. The van der Waals surface area contributed by atoms with Gasteiger partial charge in [0.15, 0.2) is 0 Å². The van der Waals surface area contributed by atoms with Gasteiger partial charge in [0.2, 0.25) is 0 Å². The number of allylic oxidation sites excluding steroid dienone is 1. The van der Waals surface area contributed by atoms with Crippen LogP contribution in [0.5, 0.6) is 0 Å². The largest absolute Gasteiger partial charge is 0.462 e. The smallest absolute Gasteiger partial charge is 0.302 e. The van der Waals surface area contributed by atoms with Crippen molar-refractivity contribution in [2.45, 2.75) is 97.1 Å². The third kappa shape index (κ3) is 3.96. The van der Waals surface area contributed by atoms with Gasteiger partial charge in [0.1, 0.15) is 18.0 Å². The van der Waals surface area contributed by atoms with Crippen LogP contribution in [0, 0.1) is 22.7 Å². The maximum atomic E-state index is 11.6. The van der Waals surface area contributed by atoms with E-state index in [2.05, 4.69) is 27.4 Å². The van der Waals surface area contributed by atoms with Crippen LogP contribution in [0.15, 0.2) is 24.0 Å². The van der Waals surface area contributed by atoms with E-state index in [1.165, 1.54) is 12.5 Å². The highest BCUT2D eigenvalue weighted by Crippen LogP contribution is 2.60. The Morgan fingerprint density at radius 1 is 1.32 bits per heavy atom. The topological polar surface area (TPSA) is 74.2 Å². The summed E-state index contributed by atoms with van der Waals surface area (Å²) in [6.07, 6.45) is 7.37. The average molecular weight is 435 g/mol. The molecule has 1 saturated heterocycles. The van der Waals surface area contributed by atoms with Crippen LogP contribution in [0.25, 0.3) is 0 Å². The maximum absolute atomic E-state index is 11.6. The highest BCUT2D eigenvalue weighted by Gasteiger charge is 2.62. The zero-order valence-electron chi connectivity index (χ0n) is 19.4. The molecular formula is C25H38O6. The molecule has 6 nitrogen and oxygen atoms in total. The van der Waals surface area contributed by atoms with E-state index >= 15 is 0 Å². The molecule has 2 saturated carbocycles. The summed E-state index contributed by atoms with van der Waals surface area (Å²) in [5.74, 6) is 0.711. The molecule has 0 aromatic carbocycles. The van der Waals surface area contributed by atoms with Gasteiger partial charge in [-0.05, 0) is 44.4 Å². The summed E-state index contributed by atoms with van der Waals surface area (Å²) in [6, 6.07) is 0. The summed E-state index contributed by atoms with van der Waals surface area (Å²) < 4.78 is 12.2. The molecule has 0 radical (unpaired) electrons. The van der Waals surface area contributed by atoms with Gasteiger partial charge >= 0.3 is 5.97 Å². The van der Waals surface area contributed by atoms with Gasteiger partial charge in [0.25, 0.3) is 0 Å². The van der Waals surface area contributed by atoms with Crippen LogP contribution in [-0.4, -0.2) is 42.1 Å². The number of carbonyl (C=O) groups excluding carboxylic acids is 1. The van der Waals surface area contributed by atoms with Gasteiger partial charge in [-0.1, -0.05) is 39.0 Å². The predicted molar refractivity (Wildman–Crippen MR) is 116 cm³/mol. The molecule has 4 rings (SSSR count). The van der Waals surface area contributed by atoms with E-state index in [1.54, 1.807) is 0 Å². The molecule has 6 heteroatoms. The number of hydrogen-bond acceptors (Lipinski definition) is 6. The van der Waals surface area contributed by atoms with Gasteiger partial charge in [-0.3, -0.25) is 4.79 Å². The Bertz CT molecular complexity index is 746. The van der Waals surface area contributed by atoms with Crippen molar-refractivity contribution < 1.29 is 29.1 Å². The number of ether oxygens (including phenoxy) is 2. The highest BCUT2D eigenvalue weighted by atomic mass is 17.2. The predicted octanol–water partition coefficient (Wildman–Crippen LogP) is 4.47. The quantitative estimate of drug-likeness (QED) is 0.219. The highest BCUT2D eigenvalue weighted by molar-refractivity contribution is 5.66. The molecule has 3 fully saturated rings. The first-order chi connectivity index (χ1) is 14.7. The van der Waals surface area contributed by atoms with Gasteiger partial charge in [-0.15, -0.1) is 0 Å². The fraction of sp³-hybridized carbons (Fsp3) is 0.800. The number of carbonyl (C=O) groups is 1. The van der Waals surface area contributed by atoms with Crippen LogP contribution < -0.4 is 0 Å². The Morgan fingerprint density at radius 2 is 2.10 bits per heavy atom. The molecule has 0 spiro atoms. The van der Waals surface area contributed by atoms with Crippen molar-refractivity contribution in [3.63, 3.8) is 0 Å². The van der Waals surface area contributed by atoms with E-state index in [9.17, 15) is 9.90 Å². The third-order valence-electron chi connectivity index (χ3n) is 8.41. The van der Waals surface area contributed by atoms with E-state index in [0.717, 1.165) is 44.9 Å². The SMILES string of the molecule is C=C(CCC)OO[C@H]1CC[C@@]2(C)C(=C[C@H](O)C3C2OC[C@@]2(C)C3CC[C@@H]2OC(C)=O)C1. The van der Waals surface area contributed by atoms with E-state index in [-0.39, 0.29) is 46.9 Å². The van der Waals surface area contributed by atoms with Crippen LogP contribution in [0.2, 0.25) is 0 Å². The lowest BCUT2D eigenvalue weighted by Crippen LogP contribution is -2.61. The fourth-order valence-electron chi connectivity index (χ4n) is 6.71. The zero-order chi connectivity index (χ0) is 22.4. The minimum Gasteiger partial charge on any atom is -0.462 e. The van der Waals surface area contributed by atoms with Crippen molar-refractivity contribution in [1.82, 2.24) is 0 Å². The van der Waals surface area contributed by atoms with Gasteiger partial charge in [0, 0.05) is 30.1 Å². The Labute approximate surface area is 185 Å². The van der Waals surface area contributed by atoms with E-state index < -0.39 is 6.10 Å². The molecular weight excluding hydrogens is 396 g/mol. The molecule has 0 aromatic heterocycles. The normalized spacial score (nSPS) is 43.8. The molecule has 31 heavy (non-hydrogen) atoms. The van der Waals surface area contributed by atoms with Gasteiger partial charge < -0.3 is 19.5 Å². The molecule has 1 aliphatic heterocycles. The lowest BCUT2D eigenvalue weighted by Gasteiger charge is -2.58. The molecule has 8 atom stereocenters. The molecule has 3 aliphatic carbocycles. The molecule has 1 heterocycles. The van der Waals surface area contributed by atoms with Crippen LogP contribution in [0.1, 0.15) is 72.6 Å². The second-order valence-electron chi connectivity index (χ2n) is 10.5. The standard InChI is InChI=1S/C25H38O6/c1-6-7-15(2)30-31-18-10-11-24(4)17(12-18)13-20(27)22-19-8-9-21(29-16(3)26)25(19,5)14-28-23(22)24/h13,18-23,27H,2,6-12,14H2,1,3-5H3/t18-,19?,20-,21-,22?,23?,24-,25-/m0/s1. The molecule has 1 N–H and O–H groups in total. The van der Waals surface area contributed by atoms with Crippen molar-refractivity contribution in [2.24, 2.45) is 22.7 Å². The molecule has 3 unspecified atom stereocenters. The number of aliphatic hydroxyl groups is 1. The summed E-state index contributed by atoms with van der Waals surface area (Å²) >= 11 is 0. The Hall–Kier alpha value is -1.37. The zero-order valence-corrected chi connectivity index (χ0v) is 19.4. The summed E-state index contributed by atoms with van der Waals surface area (Å²) in [7, 11) is 0. The van der Waals surface area contributed by atoms with Crippen molar-refractivity contribution in [2.75, 3.05) is 6.61 Å². The first kappa shape index (κ1) is 22.8. The van der Waals surface area contributed by atoms with Crippen LogP contribution in [0.4, 0.5) is 0 Å². The number of aliphatic hydroxyl groups excluding tert-OH is 1. The Kier molecular flexibility index (Phi) is 6.27. The minimum atomic E-state index is -0.566. The van der Waals surface area contributed by atoms with Crippen molar-refractivity contribution >= 4 is 5.97 Å². The van der Waals surface area contributed by atoms with Crippen LogP contribution >= 0.6 is 0 Å². The molecule has 0 aromatic rings. The number of fused-ring (bicyclic) bond motifs is 5. The summed E-state index contributed by atoms with van der Waals surface area (Å²) in [6.45, 7) is 12.4. The summed E-state index contributed by atoms with van der Waals surface area (Å²) in [4.78, 5) is 22.7. The van der Waals surface area contributed by atoms with E-state index in [0.29, 0.717) is 12.4 Å². The number of hydrogen-bond donors (Lipinski definition) is 1. The monoisotopic (exact) mass is 434 g/mol. The Balaban J connectivity index is 1.50. The summed E-state index contributed by atoms with van der Waals surface area (Å²) in [5, 5.41) is 11.2. The average Bonchev–Trinajstić information content (AvgIpc) is 3.03.